The predicted octanol–water partition coefficient (Wildman–Crippen LogP) is 4.31. The number of nitrogens with zero attached hydrogens (tertiary/aromatic N) is 2. The molecule has 124 valence electrons. The van der Waals surface area contributed by atoms with Crippen molar-refractivity contribution >= 4 is 17.0 Å². The van der Waals surface area contributed by atoms with E-state index < -0.39 is 6.09 Å². The molecule has 0 aliphatic carbocycles. The van der Waals surface area contributed by atoms with Crippen molar-refractivity contribution in [1.82, 2.24) is 9.47 Å². The zero-order valence-electron chi connectivity index (χ0n) is 14.4. The Kier molecular flexibility index (Phi) is 3.86. The van der Waals surface area contributed by atoms with E-state index in [4.69, 9.17) is 0 Å². The number of hydrogen-bond donors (Lipinski definition) is 1. The number of para-hydroxylation sites is 1. The molecule has 3 rings (SSSR count). The maximum absolute atomic E-state index is 11.4. The van der Waals surface area contributed by atoms with Crippen LogP contribution in [-0.4, -0.2) is 33.8 Å². The minimum Gasteiger partial charge on any atom is -0.465 e. The van der Waals surface area contributed by atoms with Crippen LogP contribution in [0.5, 0.6) is 0 Å². The van der Waals surface area contributed by atoms with Crippen molar-refractivity contribution < 1.29 is 9.90 Å². The summed E-state index contributed by atoms with van der Waals surface area (Å²) in [6, 6.07) is 8.65. The Morgan fingerprint density at radius 3 is 2.65 bits per heavy atom. The topological polar surface area (TPSA) is 45.5 Å². The van der Waals surface area contributed by atoms with Gasteiger partial charge in [-0.05, 0) is 40.7 Å². The molecule has 2 atom stereocenters. The van der Waals surface area contributed by atoms with Crippen LogP contribution in [0.15, 0.2) is 30.5 Å². The average molecular weight is 314 g/mol. The van der Waals surface area contributed by atoms with Crippen LogP contribution in [0.25, 0.3) is 10.9 Å². The lowest BCUT2D eigenvalue weighted by atomic mass is 9.67. The highest BCUT2D eigenvalue weighted by Gasteiger charge is 2.39. The Morgan fingerprint density at radius 2 is 2.00 bits per heavy atom. The van der Waals surface area contributed by atoms with Gasteiger partial charge in [-0.25, -0.2) is 4.79 Å². The molecule has 0 bridgehead atoms. The molecule has 4 nitrogen and oxygen atoms in total. The minimum atomic E-state index is -0.797. The number of carboxylic acid groups (broad SMARTS) is 1. The Balaban J connectivity index is 2.05. The Labute approximate surface area is 137 Å². The number of hydrogen-bond acceptors (Lipinski definition) is 1. The first-order valence-electron chi connectivity index (χ1n) is 8.31. The zero-order valence-corrected chi connectivity index (χ0v) is 14.4. The van der Waals surface area contributed by atoms with E-state index in [-0.39, 0.29) is 5.41 Å². The number of aromatic nitrogens is 1. The SMILES string of the molecule is Cn1ccc2cccc(C3CCN(C(=O)O)CC3C(C)(C)C)c21. The quantitative estimate of drug-likeness (QED) is 0.852. The molecule has 1 amide bonds. The van der Waals surface area contributed by atoms with E-state index in [0.717, 1.165) is 6.42 Å². The van der Waals surface area contributed by atoms with Crippen molar-refractivity contribution in [2.75, 3.05) is 13.1 Å². The third-order valence-electron chi connectivity index (χ3n) is 5.32. The van der Waals surface area contributed by atoms with Crippen LogP contribution in [0.2, 0.25) is 0 Å². The fourth-order valence-electron chi connectivity index (χ4n) is 4.06. The number of fused-ring (bicyclic) bond motifs is 1. The summed E-state index contributed by atoms with van der Waals surface area (Å²) in [5.41, 5.74) is 2.71. The number of piperidine rings is 1. The maximum atomic E-state index is 11.4. The molecular formula is C19H26N2O2. The first-order valence-corrected chi connectivity index (χ1v) is 8.31. The highest BCUT2D eigenvalue weighted by Crippen LogP contribution is 2.44. The fourth-order valence-corrected chi connectivity index (χ4v) is 4.06. The maximum Gasteiger partial charge on any atom is 0.407 e. The average Bonchev–Trinajstić information content (AvgIpc) is 2.87. The lowest BCUT2D eigenvalue weighted by Gasteiger charge is -2.44. The van der Waals surface area contributed by atoms with Crippen molar-refractivity contribution in [2.24, 2.45) is 18.4 Å². The van der Waals surface area contributed by atoms with Gasteiger partial charge >= 0.3 is 6.09 Å². The van der Waals surface area contributed by atoms with Crippen LogP contribution in [-0.2, 0) is 7.05 Å². The summed E-state index contributed by atoms with van der Waals surface area (Å²) in [5, 5.41) is 10.6. The molecule has 1 aromatic heterocycles. The lowest BCUT2D eigenvalue weighted by molar-refractivity contribution is 0.0720. The second-order valence-electron chi connectivity index (χ2n) is 7.81. The predicted molar refractivity (Wildman–Crippen MR) is 92.8 cm³/mol. The summed E-state index contributed by atoms with van der Waals surface area (Å²) in [6.07, 6.45) is 2.19. The van der Waals surface area contributed by atoms with E-state index in [1.165, 1.54) is 16.5 Å². The first kappa shape index (κ1) is 15.9. The van der Waals surface area contributed by atoms with Gasteiger partial charge in [-0.15, -0.1) is 0 Å². The van der Waals surface area contributed by atoms with Crippen LogP contribution >= 0.6 is 0 Å². The number of amides is 1. The number of benzene rings is 1. The van der Waals surface area contributed by atoms with Crippen molar-refractivity contribution in [3.8, 4) is 0 Å². The smallest absolute Gasteiger partial charge is 0.407 e. The lowest BCUT2D eigenvalue weighted by Crippen LogP contribution is -2.46. The molecule has 1 aromatic carbocycles. The fraction of sp³-hybridized carbons (Fsp3) is 0.526. The van der Waals surface area contributed by atoms with Crippen molar-refractivity contribution in [3.05, 3.63) is 36.0 Å². The molecule has 1 N–H and O–H groups in total. The normalized spacial score (nSPS) is 22.5. The number of aryl methyl sites for hydroxylation is 1. The first-order chi connectivity index (χ1) is 10.8. The largest absolute Gasteiger partial charge is 0.465 e. The Bertz CT molecular complexity index is 727. The molecule has 0 saturated carbocycles. The van der Waals surface area contributed by atoms with Crippen LogP contribution in [0, 0.1) is 11.3 Å². The third-order valence-corrected chi connectivity index (χ3v) is 5.32. The molecule has 23 heavy (non-hydrogen) atoms. The van der Waals surface area contributed by atoms with Crippen LogP contribution in [0.1, 0.15) is 38.7 Å². The highest BCUT2D eigenvalue weighted by molar-refractivity contribution is 5.84. The second-order valence-corrected chi connectivity index (χ2v) is 7.81. The molecule has 2 aromatic rings. The Hall–Kier alpha value is -1.97. The van der Waals surface area contributed by atoms with E-state index in [2.05, 4.69) is 62.8 Å². The summed E-state index contributed by atoms with van der Waals surface area (Å²) in [6.45, 7) is 7.90. The summed E-state index contributed by atoms with van der Waals surface area (Å²) >= 11 is 0. The Morgan fingerprint density at radius 1 is 1.26 bits per heavy atom. The molecule has 1 aliphatic rings. The van der Waals surface area contributed by atoms with E-state index in [9.17, 15) is 9.90 Å². The molecule has 0 radical (unpaired) electrons. The van der Waals surface area contributed by atoms with E-state index in [1.54, 1.807) is 4.90 Å². The molecule has 1 saturated heterocycles. The number of carbonyl (C=O) groups is 1. The minimum absolute atomic E-state index is 0.0616. The molecule has 0 spiro atoms. The summed E-state index contributed by atoms with van der Waals surface area (Å²) < 4.78 is 2.19. The standard InChI is InChI=1S/C19H26N2O2/c1-19(2,3)16-12-21(18(22)23)11-9-14(16)15-7-5-6-13-8-10-20(4)17(13)15/h5-8,10,14,16H,9,11-12H2,1-4H3,(H,22,23). The van der Waals surface area contributed by atoms with Gasteiger partial charge in [0.2, 0.25) is 0 Å². The van der Waals surface area contributed by atoms with Gasteiger partial charge in [0.05, 0.1) is 5.52 Å². The summed E-state index contributed by atoms with van der Waals surface area (Å²) in [4.78, 5) is 13.0. The number of rotatable bonds is 1. The summed E-state index contributed by atoms with van der Waals surface area (Å²) in [5.74, 6) is 0.704. The molecular weight excluding hydrogens is 288 g/mol. The molecule has 1 aliphatic heterocycles. The highest BCUT2D eigenvalue weighted by atomic mass is 16.4. The van der Waals surface area contributed by atoms with Gasteiger partial charge < -0.3 is 14.6 Å². The van der Waals surface area contributed by atoms with Gasteiger partial charge in [0.1, 0.15) is 0 Å². The summed E-state index contributed by atoms with van der Waals surface area (Å²) in [7, 11) is 2.09. The van der Waals surface area contributed by atoms with Crippen LogP contribution < -0.4 is 0 Å². The molecule has 1 fully saturated rings. The van der Waals surface area contributed by atoms with E-state index in [0.29, 0.717) is 24.9 Å². The van der Waals surface area contributed by atoms with Crippen LogP contribution in [0.4, 0.5) is 4.79 Å². The molecule has 4 heteroatoms. The van der Waals surface area contributed by atoms with Gasteiger partial charge in [-0.1, -0.05) is 39.0 Å². The van der Waals surface area contributed by atoms with Gasteiger partial charge in [-0.2, -0.15) is 0 Å². The van der Waals surface area contributed by atoms with E-state index >= 15 is 0 Å². The van der Waals surface area contributed by atoms with Gasteiger partial charge in [-0.3, -0.25) is 0 Å². The van der Waals surface area contributed by atoms with Gasteiger partial charge in [0.25, 0.3) is 0 Å². The monoisotopic (exact) mass is 314 g/mol. The zero-order chi connectivity index (χ0) is 16.8. The third kappa shape index (κ3) is 2.82. The van der Waals surface area contributed by atoms with E-state index in [1.807, 2.05) is 0 Å². The van der Waals surface area contributed by atoms with Crippen LogP contribution in [0.3, 0.4) is 0 Å². The van der Waals surface area contributed by atoms with Crippen molar-refractivity contribution in [2.45, 2.75) is 33.1 Å². The van der Waals surface area contributed by atoms with Gasteiger partial charge in [0.15, 0.2) is 0 Å². The molecule has 2 heterocycles. The number of likely N-dealkylation sites (tertiary alicyclic amines) is 1. The molecule has 2 unspecified atom stereocenters. The van der Waals surface area contributed by atoms with Gasteiger partial charge in [0, 0.05) is 26.3 Å². The second kappa shape index (κ2) is 5.59. The van der Waals surface area contributed by atoms with Crippen molar-refractivity contribution in [3.63, 3.8) is 0 Å². The van der Waals surface area contributed by atoms with Crippen molar-refractivity contribution in [1.29, 1.82) is 0 Å².